The van der Waals surface area contributed by atoms with Gasteiger partial charge in [-0.25, -0.2) is 0 Å². The molecule has 0 bridgehead atoms. The molecule has 0 aromatic heterocycles. The average molecular weight is 417 g/mol. The summed E-state index contributed by atoms with van der Waals surface area (Å²) < 4.78 is 5.47. The molecule has 2 amide bonds. The second-order valence-corrected chi connectivity index (χ2v) is 7.73. The Hall–Kier alpha value is -3.60. The first-order valence-corrected chi connectivity index (χ1v) is 10.3. The van der Waals surface area contributed by atoms with Gasteiger partial charge in [-0.1, -0.05) is 56.3 Å². The molecular weight excluding hydrogens is 388 g/mol. The number of carbonyl (C=O) groups excluding carboxylic acids is 2. The third-order valence-electron chi connectivity index (χ3n) is 5.16. The maximum absolute atomic E-state index is 13.1. The maximum atomic E-state index is 13.1. The Kier molecular flexibility index (Phi) is 7.08. The predicted octanol–water partition coefficient (Wildman–Crippen LogP) is 5.31. The van der Waals surface area contributed by atoms with Crippen LogP contribution < -0.4 is 15.4 Å². The number of rotatable bonds is 7. The van der Waals surface area contributed by atoms with E-state index in [1.807, 2.05) is 49.4 Å². The van der Waals surface area contributed by atoms with Gasteiger partial charge in [-0.05, 0) is 53.8 Å². The standard InChI is InChI=1S/C26H28N2O3/c1-17(2)21-15-22(18(3)14-24(21)31-4)26(30)28-23-13-9-8-12-20(23)25(29)27-16-19-10-6-5-7-11-19/h5-15,17H,16H2,1-4H3,(H,27,29)(H,28,30). The Labute approximate surface area is 183 Å². The van der Waals surface area contributed by atoms with E-state index in [4.69, 9.17) is 4.74 Å². The first-order chi connectivity index (χ1) is 14.9. The van der Waals surface area contributed by atoms with E-state index in [2.05, 4.69) is 24.5 Å². The van der Waals surface area contributed by atoms with Crippen LogP contribution in [0.4, 0.5) is 5.69 Å². The second-order valence-electron chi connectivity index (χ2n) is 7.73. The quantitative estimate of drug-likeness (QED) is 0.548. The summed E-state index contributed by atoms with van der Waals surface area (Å²) in [5.41, 5.74) is 4.23. The number of nitrogens with one attached hydrogen (secondary N) is 2. The molecule has 0 saturated carbocycles. The number of para-hydroxylation sites is 1. The van der Waals surface area contributed by atoms with Crippen LogP contribution in [-0.2, 0) is 6.54 Å². The van der Waals surface area contributed by atoms with Gasteiger partial charge in [0.2, 0.25) is 0 Å². The molecule has 0 aliphatic heterocycles. The van der Waals surface area contributed by atoms with E-state index in [-0.39, 0.29) is 17.7 Å². The topological polar surface area (TPSA) is 67.4 Å². The maximum Gasteiger partial charge on any atom is 0.255 e. The Balaban J connectivity index is 1.81. The third-order valence-corrected chi connectivity index (χ3v) is 5.16. The highest BCUT2D eigenvalue weighted by molar-refractivity contribution is 6.09. The highest BCUT2D eigenvalue weighted by Crippen LogP contribution is 2.30. The van der Waals surface area contributed by atoms with Crippen LogP contribution in [-0.4, -0.2) is 18.9 Å². The van der Waals surface area contributed by atoms with Crippen molar-refractivity contribution in [2.45, 2.75) is 33.2 Å². The number of anilines is 1. The molecule has 0 radical (unpaired) electrons. The van der Waals surface area contributed by atoms with Crippen LogP contribution in [0.5, 0.6) is 5.75 Å². The van der Waals surface area contributed by atoms with E-state index in [0.717, 1.165) is 22.4 Å². The molecule has 0 unspecified atom stereocenters. The van der Waals surface area contributed by atoms with Crippen LogP contribution in [0.25, 0.3) is 0 Å². The molecule has 0 aliphatic carbocycles. The molecule has 3 aromatic rings. The van der Waals surface area contributed by atoms with Crippen LogP contribution >= 0.6 is 0 Å². The summed E-state index contributed by atoms with van der Waals surface area (Å²) in [6.07, 6.45) is 0. The fourth-order valence-electron chi connectivity index (χ4n) is 3.42. The minimum Gasteiger partial charge on any atom is -0.496 e. The van der Waals surface area contributed by atoms with E-state index in [9.17, 15) is 9.59 Å². The van der Waals surface area contributed by atoms with Crippen molar-refractivity contribution in [2.75, 3.05) is 12.4 Å². The molecule has 160 valence electrons. The lowest BCUT2D eigenvalue weighted by Gasteiger charge is -2.17. The number of ether oxygens (including phenoxy) is 1. The molecule has 0 saturated heterocycles. The molecule has 5 nitrogen and oxygen atoms in total. The van der Waals surface area contributed by atoms with E-state index < -0.39 is 0 Å². The smallest absolute Gasteiger partial charge is 0.255 e. The van der Waals surface area contributed by atoms with E-state index in [1.165, 1.54) is 0 Å². The van der Waals surface area contributed by atoms with Gasteiger partial charge in [0.25, 0.3) is 11.8 Å². The van der Waals surface area contributed by atoms with Crippen molar-refractivity contribution in [1.82, 2.24) is 5.32 Å². The summed E-state index contributed by atoms with van der Waals surface area (Å²) >= 11 is 0. The van der Waals surface area contributed by atoms with Crippen molar-refractivity contribution in [1.29, 1.82) is 0 Å². The Morgan fingerprint density at radius 1 is 0.903 bits per heavy atom. The summed E-state index contributed by atoms with van der Waals surface area (Å²) in [6, 6.07) is 20.5. The van der Waals surface area contributed by atoms with E-state index in [1.54, 1.807) is 31.4 Å². The molecule has 0 heterocycles. The monoisotopic (exact) mass is 416 g/mol. The first kappa shape index (κ1) is 22.1. The second kappa shape index (κ2) is 9.94. The van der Waals surface area contributed by atoms with Crippen molar-refractivity contribution < 1.29 is 14.3 Å². The number of methoxy groups -OCH3 is 1. The highest BCUT2D eigenvalue weighted by Gasteiger charge is 2.18. The molecule has 0 fully saturated rings. The molecule has 0 spiro atoms. The normalized spacial score (nSPS) is 10.6. The summed E-state index contributed by atoms with van der Waals surface area (Å²) in [7, 11) is 1.63. The van der Waals surface area contributed by atoms with Crippen molar-refractivity contribution in [2.24, 2.45) is 0 Å². The van der Waals surface area contributed by atoms with Crippen molar-refractivity contribution in [3.8, 4) is 5.75 Å². The molecule has 0 atom stereocenters. The minimum absolute atomic E-state index is 0.207. The fourth-order valence-corrected chi connectivity index (χ4v) is 3.42. The molecule has 2 N–H and O–H groups in total. The lowest BCUT2D eigenvalue weighted by molar-refractivity contribution is 0.0952. The average Bonchev–Trinajstić information content (AvgIpc) is 2.78. The van der Waals surface area contributed by atoms with E-state index >= 15 is 0 Å². The zero-order valence-corrected chi connectivity index (χ0v) is 18.4. The Morgan fingerprint density at radius 2 is 1.58 bits per heavy atom. The molecule has 31 heavy (non-hydrogen) atoms. The molecular formula is C26H28N2O3. The van der Waals surface area contributed by atoms with E-state index in [0.29, 0.717) is 23.4 Å². The SMILES string of the molecule is COc1cc(C)c(C(=O)Nc2ccccc2C(=O)NCc2ccccc2)cc1C(C)C. The number of hydrogen-bond acceptors (Lipinski definition) is 3. The lowest BCUT2D eigenvalue weighted by atomic mass is 9.96. The van der Waals surface area contributed by atoms with Crippen LogP contribution in [0.2, 0.25) is 0 Å². The zero-order chi connectivity index (χ0) is 22.4. The van der Waals surface area contributed by atoms with Gasteiger partial charge in [0.05, 0.1) is 18.4 Å². The molecule has 3 rings (SSSR count). The number of benzene rings is 3. The van der Waals surface area contributed by atoms with Gasteiger partial charge in [0.15, 0.2) is 0 Å². The molecule has 3 aromatic carbocycles. The van der Waals surface area contributed by atoms with Crippen LogP contribution in [0, 0.1) is 6.92 Å². The minimum atomic E-state index is -0.259. The predicted molar refractivity (Wildman–Crippen MR) is 124 cm³/mol. The lowest BCUT2D eigenvalue weighted by Crippen LogP contribution is -2.25. The first-order valence-electron chi connectivity index (χ1n) is 10.3. The number of carbonyl (C=O) groups is 2. The summed E-state index contributed by atoms with van der Waals surface area (Å²) in [6.45, 7) is 6.40. The van der Waals surface area contributed by atoms with Crippen molar-refractivity contribution in [3.63, 3.8) is 0 Å². The highest BCUT2D eigenvalue weighted by atomic mass is 16.5. The largest absolute Gasteiger partial charge is 0.496 e. The van der Waals surface area contributed by atoms with Gasteiger partial charge in [-0.15, -0.1) is 0 Å². The van der Waals surface area contributed by atoms with Gasteiger partial charge in [0.1, 0.15) is 5.75 Å². The Morgan fingerprint density at radius 3 is 2.26 bits per heavy atom. The number of aryl methyl sites for hydroxylation is 1. The van der Waals surface area contributed by atoms with Gasteiger partial charge < -0.3 is 15.4 Å². The third kappa shape index (κ3) is 5.31. The number of hydrogen-bond donors (Lipinski definition) is 2. The van der Waals surface area contributed by atoms with Gasteiger partial charge >= 0.3 is 0 Å². The molecule has 0 aliphatic rings. The van der Waals surface area contributed by atoms with Gasteiger partial charge in [-0.3, -0.25) is 9.59 Å². The van der Waals surface area contributed by atoms with Crippen molar-refractivity contribution >= 4 is 17.5 Å². The zero-order valence-electron chi connectivity index (χ0n) is 18.4. The number of amides is 2. The summed E-state index contributed by atoms with van der Waals surface area (Å²) in [4.78, 5) is 25.9. The summed E-state index contributed by atoms with van der Waals surface area (Å²) in [5, 5.41) is 5.82. The van der Waals surface area contributed by atoms with Crippen LogP contribution in [0.15, 0.2) is 66.7 Å². The summed E-state index contributed by atoms with van der Waals surface area (Å²) in [5.74, 6) is 0.474. The van der Waals surface area contributed by atoms with Crippen molar-refractivity contribution in [3.05, 3.63) is 94.5 Å². The van der Waals surface area contributed by atoms with Gasteiger partial charge in [0, 0.05) is 12.1 Å². The molecule has 5 heteroatoms. The van der Waals surface area contributed by atoms with Crippen LogP contribution in [0.1, 0.15) is 57.2 Å². The fraction of sp³-hybridized carbons (Fsp3) is 0.231. The van der Waals surface area contributed by atoms with Gasteiger partial charge in [-0.2, -0.15) is 0 Å². The van der Waals surface area contributed by atoms with Crippen LogP contribution in [0.3, 0.4) is 0 Å². The Bertz CT molecular complexity index is 1080.